The molecular weight excluding hydrogens is 98.9 g/mol. The van der Waals surface area contributed by atoms with Crippen molar-refractivity contribution in [1.82, 2.24) is 0 Å². The van der Waals surface area contributed by atoms with Gasteiger partial charge in [-0.05, 0) is 6.42 Å². The normalized spacial score (nSPS) is 8.75. The first-order valence-corrected chi connectivity index (χ1v) is 3.10. The number of carbonyl (C=O) groups is 1. The van der Waals surface area contributed by atoms with Crippen LogP contribution in [0.2, 0.25) is 13.1 Å². The van der Waals surface area contributed by atoms with E-state index in [4.69, 9.17) is 0 Å². The summed E-state index contributed by atoms with van der Waals surface area (Å²) in [6, 6.07) is 0. The maximum Gasteiger partial charge on any atom is 0.131 e. The highest BCUT2D eigenvalue weighted by Crippen LogP contribution is 1.92. The van der Waals surface area contributed by atoms with Crippen LogP contribution < -0.4 is 0 Å². The van der Waals surface area contributed by atoms with Gasteiger partial charge in [0, 0.05) is 6.42 Å². The largest absolute Gasteiger partial charge is 0.300 e. The minimum atomic E-state index is 0.364. The highest BCUT2D eigenvalue weighted by Gasteiger charge is 1.94. The molecule has 0 spiro atoms. The number of rotatable bonds is 4. The Balaban J connectivity index is 2.99. The Morgan fingerprint density at radius 1 is 1.62 bits per heavy atom. The molecule has 0 aromatic heterocycles. The molecule has 0 bridgehead atoms. The minimum Gasteiger partial charge on any atom is -0.300 e. The van der Waals surface area contributed by atoms with Crippen LogP contribution in [0.25, 0.3) is 0 Å². The van der Waals surface area contributed by atoms with Crippen molar-refractivity contribution in [2.45, 2.75) is 32.9 Å². The van der Waals surface area contributed by atoms with Crippen LogP contribution in [-0.4, -0.2) is 13.1 Å². The summed E-state index contributed by atoms with van der Waals surface area (Å²) in [5.41, 5.74) is 0. The molecule has 2 heteroatoms. The summed E-state index contributed by atoms with van der Waals surface area (Å²) in [4.78, 5) is 10.6. The van der Waals surface area contributed by atoms with Gasteiger partial charge in [-0.3, -0.25) is 4.79 Å². The van der Waals surface area contributed by atoms with E-state index in [9.17, 15) is 4.79 Å². The van der Waals surface area contributed by atoms with Gasteiger partial charge in [-0.2, -0.15) is 0 Å². The number of ketones is 1. The second-order valence-corrected chi connectivity index (χ2v) is 1.84. The number of Topliss-reactive ketones (excluding diaryl/α,β-unsaturated/α-hetero) is 1. The molecule has 0 saturated heterocycles. The Morgan fingerprint density at radius 2 is 2.25 bits per heavy atom. The molecule has 0 amide bonds. The summed E-state index contributed by atoms with van der Waals surface area (Å²) in [7, 11) is 2.02. The molecule has 0 saturated carbocycles. The van der Waals surface area contributed by atoms with Gasteiger partial charge in [-0.15, -0.1) is 0 Å². The molecule has 0 aliphatic rings. The van der Waals surface area contributed by atoms with Crippen LogP contribution in [0.15, 0.2) is 0 Å². The van der Waals surface area contributed by atoms with Gasteiger partial charge in [0.15, 0.2) is 0 Å². The van der Waals surface area contributed by atoms with Crippen LogP contribution in [-0.2, 0) is 4.79 Å². The molecule has 0 unspecified atom stereocenters. The summed E-state index contributed by atoms with van der Waals surface area (Å²) >= 11 is 0. The van der Waals surface area contributed by atoms with Gasteiger partial charge in [0.05, 0.1) is 0 Å². The van der Waals surface area contributed by atoms with Gasteiger partial charge in [-0.25, -0.2) is 0 Å². The SMILES string of the molecule is C[B]CCC(=O)CC. The summed E-state index contributed by atoms with van der Waals surface area (Å²) in [6.45, 7) is 3.88. The first-order valence-electron chi connectivity index (χ1n) is 3.10. The molecular formula is C6H12BO. The van der Waals surface area contributed by atoms with E-state index in [0.29, 0.717) is 12.2 Å². The van der Waals surface area contributed by atoms with Gasteiger partial charge < -0.3 is 0 Å². The Kier molecular flexibility index (Phi) is 4.72. The lowest BCUT2D eigenvalue weighted by molar-refractivity contribution is -0.118. The summed E-state index contributed by atoms with van der Waals surface area (Å²) < 4.78 is 0. The number of hydrogen-bond donors (Lipinski definition) is 0. The van der Waals surface area contributed by atoms with Crippen LogP contribution in [0.4, 0.5) is 0 Å². The molecule has 0 fully saturated rings. The summed E-state index contributed by atoms with van der Waals surface area (Å²) in [6.07, 6.45) is 2.35. The highest BCUT2D eigenvalue weighted by molar-refractivity contribution is 6.33. The lowest BCUT2D eigenvalue weighted by Gasteiger charge is -1.90. The van der Waals surface area contributed by atoms with E-state index in [1.165, 1.54) is 0 Å². The van der Waals surface area contributed by atoms with Gasteiger partial charge in [0.2, 0.25) is 0 Å². The zero-order valence-corrected chi connectivity index (χ0v) is 5.61. The van der Waals surface area contributed by atoms with Gasteiger partial charge >= 0.3 is 0 Å². The maximum absolute atomic E-state index is 10.6. The predicted molar refractivity (Wildman–Crippen MR) is 36.3 cm³/mol. The molecule has 8 heavy (non-hydrogen) atoms. The Bertz CT molecular complexity index is 70.9. The first kappa shape index (κ1) is 7.73. The Hall–Kier alpha value is -0.265. The molecule has 0 heterocycles. The quantitative estimate of drug-likeness (QED) is 0.502. The molecule has 0 aromatic rings. The van der Waals surface area contributed by atoms with Crippen molar-refractivity contribution in [3.63, 3.8) is 0 Å². The molecule has 1 nitrogen and oxygen atoms in total. The van der Waals surface area contributed by atoms with Crippen LogP contribution in [0.5, 0.6) is 0 Å². The maximum atomic E-state index is 10.6. The van der Waals surface area contributed by atoms with E-state index >= 15 is 0 Å². The van der Waals surface area contributed by atoms with Gasteiger partial charge in [0.1, 0.15) is 13.1 Å². The second-order valence-electron chi connectivity index (χ2n) is 1.84. The van der Waals surface area contributed by atoms with Crippen molar-refractivity contribution in [3.05, 3.63) is 0 Å². The van der Waals surface area contributed by atoms with Crippen LogP contribution in [0.1, 0.15) is 19.8 Å². The second kappa shape index (κ2) is 4.88. The standard InChI is InChI=1S/C6H12BO/c1-3-6(8)4-5-7-2/h3-5H2,1-2H3. The summed E-state index contributed by atoms with van der Waals surface area (Å²) in [5.74, 6) is 0.364. The summed E-state index contributed by atoms with van der Waals surface area (Å²) in [5, 5.41) is 0. The van der Waals surface area contributed by atoms with E-state index in [1.807, 2.05) is 21.0 Å². The fraction of sp³-hybridized carbons (Fsp3) is 0.833. The Morgan fingerprint density at radius 3 is 2.62 bits per heavy atom. The Labute approximate surface area is 51.7 Å². The van der Waals surface area contributed by atoms with E-state index in [2.05, 4.69) is 0 Å². The monoisotopic (exact) mass is 111 g/mol. The van der Waals surface area contributed by atoms with Gasteiger partial charge in [-0.1, -0.05) is 20.1 Å². The fourth-order valence-corrected chi connectivity index (χ4v) is 0.482. The van der Waals surface area contributed by atoms with Crippen molar-refractivity contribution >= 4 is 13.1 Å². The van der Waals surface area contributed by atoms with E-state index in [1.54, 1.807) is 0 Å². The van der Waals surface area contributed by atoms with Crippen molar-refractivity contribution in [2.24, 2.45) is 0 Å². The van der Waals surface area contributed by atoms with Crippen molar-refractivity contribution < 1.29 is 4.79 Å². The zero-order valence-electron chi connectivity index (χ0n) is 5.61. The van der Waals surface area contributed by atoms with E-state index in [0.717, 1.165) is 12.7 Å². The third-order valence-electron chi connectivity index (χ3n) is 1.11. The minimum absolute atomic E-state index is 0.364. The lowest BCUT2D eigenvalue weighted by atomic mass is 9.76. The van der Waals surface area contributed by atoms with Crippen LogP contribution in [0, 0.1) is 0 Å². The third kappa shape index (κ3) is 3.91. The number of hydrogen-bond acceptors (Lipinski definition) is 1. The lowest BCUT2D eigenvalue weighted by Crippen LogP contribution is -1.95. The third-order valence-corrected chi connectivity index (χ3v) is 1.11. The van der Waals surface area contributed by atoms with Crippen LogP contribution >= 0.6 is 0 Å². The average molecular weight is 111 g/mol. The fourth-order valence-electron chi connectivity index (χ4n) is 0.482. The first-order chi connectivity index (χ1) is 3.81. The molecule has 1 radical (unpaired) electrons. The van der Waals surface area contributed by atoms with Crippen molar-refractivity contribution in [3.8, 4) is 0 Å². The highest BCUT2D eigenvalue weighted by atomic mass is 16.1. The number of carbonyl (C=O) groups excluding carboxylic acids is 1. The van der Waals surface area contributed by atoms with E-state index < -0.39 is 0 Å². The zero-order chi connectivity index (χ0) is 6.41. The molecule has 0 N–H and O–H groups in total. The van der Waals surface area contributed by atoms with Gasteiger partial charge in [0.25, 0.3) is 0 Å². The topological polar surface area (TPSA) is 17.1 Å². The molecule has 0 rings (SSSR count). The smallest absolute Gasteiger partial charge is 0.131 e. The average Bonchev–Trinajstić information content (AvgIpc) is 1.83. The molecule has 0 aliphatic heterocycles. The van der Waals surface area contributed by atoms with Crippen molar-refractivity contribution in [1.29, 1.82) is 0 Å². The molecule has 0 aliphatic carbocycles. The van der Waals surface area contributed by atoms with Crippen LogP contribution in [0.3, 0.4) is 0 Å². The van der Waals surface area contributed by atoms with E-state index in [-0.39, 0.29) is 0 Å². The molecule has 45 valence electrons. The van der Waals surface area contributed by atoms with Crippen molar-refractivity contribution in [2.75, 3.05) is 0 Å². The predicted octanol–water partition coefficient (Wildman–Crippen LogP) is 1.53. The molecule has 0 aromatic carbocycles. The molecule has 0 atom stereocenters.